The van der Waals surface area contributed by atoms with Gasteiger partial charge in [0.2, 0.25) is 0 Å². The zero-order valence-corrected chi connectivity index (χ0v) is 20.3. The van der Waals surface area contributed by atoms with Crippen LogP contribution in [0.4, 0.5) is 0 Å². The molecule has 0 unspecified atom stereocenters. The van der Waals surface area contributed by atoms with Crippen LogP contribution in [0.15, 0.2) is 103 Å². The lowest BCUT2D eigenvalue weighted by molar-refractivity contribution is -0.158. The molecular weight excluding hydrogens is 447 g/mol. The van der Waals surface area contributed by atoms with Gasteiger partial charge in [0.15, 0.2) is 13.1 Å². The lowest BCUT2D eigenvalue weighted by atomic mass is 10.1. The first-order valence-corrected chi connectivity index (χ1v) is 13.1. The molecule has 0 fully saturated rings. The average Bonchev–Trinajstić information content (AvgIpc) is 2.88. The van der Waals surface area contributed by atoms with Gasteiger partial charge in [-0.15, -0.1) is 0 Å². The van der Waals surface area contributed by atoms with Crippen molar-refractivity contribution < 1.29 is 23.6 Å². The van der Waals surface area contributed by atoms with E-state index in [9.17, 15) is 9.59 Å². The highest BCUT2D eigenvalue weighted by Crippen LogP contribution is 2.58. The highest BCUT2D eigenvalue weighted by molar-refractivity contribution is 7.79. The molecule has 0 radical (unpaired) electrons. The third kappa shape index (κ3) is 5.73. The topological polar surface area (TPSA) is 69.7 Å². The maximum Gasteiger partial charge on any atom is 0.324 e. The standard InChI is InChI=1S/C28H29O5P/c1-3-32-27(29)25(28(30)33-4-2)20-21-26(22-14-8-5-9-15-22)34(31,23-16-10-6-11-17-23)24-18-12-7-13-19-24/h5-21,25-26H,3-4H2,1-2H3/b21-20+/t26-/m0/s1. The Morgan fingerprint density at radius 1 is 0.706 bits per heavy atom. The summed E-state index contributed by atoms with van der Waals surface area (Å²) in [5.41, 5.74) is 0.186. The summed E-state index contributed by atoms with van der Waals surface area (Å²) < 4.78 is 25.2. The quantitative estimate of drug-likeness (QED) is 0.177. The number of allylic oxidation sites excluding steroid dienone is 1. The smallest absolute Gasteiger partial charge is 0.324 e. The number of hydrogen-bond donors (Lipinski definition) is 0. The Kier molecular flexibility index (Phi) is 9.00. The molecule has 6 heteroatoms. The second-order valence-electron chi connectivity index (χ2n) is 7.55. The van der Waals surface area contributed by atoms with Gasteiger partial charge in [-0.05, 0) is 19.4 Å². The Balaban J connectivity index is 2.19. The lowest BCUT2D eigenvalue weighted by Crippen LogP contribution is -2.27. The molecule has 0 heterocycles. The average molecular weight is 477 g/mol. The molecule has 0 aliphatic carbocycles. The van der Waals surface area contributed by atoms with Gasteiger partial charge in [0.05, 0.1) is 18.9 Å². The molecule has 0 saturated carbocycles. The maximum absolute atomic E-state index is 15.0. The molecule has 0 aliphatic rings. The number of carbonyl (C=O) groups is 2. The van der Waals surface area contributed by atoms with Gasteiger partial charge in [-0.1, -0.05) is 103 Å². The van der Waals surface area contributed by atoms with Crippen molar-refractivity contribution >= 4 is 29.7 Å². The molecule has 0 aliphatic heterocycles. The fourth-order valence-corrected chi connectivity index (χ4v) is 6.90. The molecule has 0 saturated heterocycles. The second kappa shape index (κ2) is 12.2. The minimum atomic E-state index is -3.29. The highest BCUT2D eigenvalue weighted by Gasteiger charge is 2.37. The molecule has 3 aromatic carbocycles. The zero-order valence-electron chi connectivity index (χ0n) is 19.4. The first kappa shape index (κ1) is 25.2. The summed E-state index contributed by atoms with van der Waals surface area (Å²) in [4.78, 5) is 25.1. The van der Waals surface area contributed by atoms with E-state index in [2.05, 4.69) is 0 Å². The molecule has 0 N–H and O–H groups in total. The van der Waals surface area contributed by atoms with Crippen molar-refractivity contribution in [2.75, 3.05) is 13.2 Å². The van der Waals surface area contributed by atoms with Crippen molar-refractivity contribution in [3.8, 4) is 0 Å². The Hall–Kier alpha value is -3.43. The summed E-state index contributed by atoms with van der Waals surface area (Å²) in [6, 6.07) is 28.0. The van der Waals surface area contributed by atoms with Crippen molar-refractivity contribution in [1.29, 1.82) is 0 Å². The fourth-order valence-electron chi connectivity index (χ4n) is 3.80. The zero-order chi connectivity index (χ0) is 24.4. The van der Waals surface area contributed by atoms with E-state index in [1.54, 1.807) is 19.9 Å². The number of rotatable bonds is 10. The third-order valence-electron chi connectivity index (χ3n) is 5.38. The normalized spacial score (nSPS) is 12.4. The van der Waals surface area contributed by atoms with Crippen LogP contribution < -0.4 is 10.6 Å². The first-order chi connectivity index (χ1) is 16.5. The number of ether oxygens (including phenoxy) is 2. The van der Waals surface area contributed by atoms with Gasteiger partial charge < -0.3 is 14.0 Å². The van der Waals surface area contributed by atoms with Crippen molar-refractivity contribution in [3.63, 3.8) is 0 Å². The largest absolute Gasteiger partial charge is 0.465 e. The van der Waals surface area contributed by atoms with Gasteiger partial charge in [0, 0.05) is 10.6 Å². The minimum absolute atomic E-state index is 0.136. The number of hydrogen-bond acceptors (Lipinski definition) is 5. The van der Waals surface area contributed by atoms with Crippen molar-refractivity contribution in [2.45, 2.75) is 19.5 Å². The summed E-state index contributed by atoms with van der Waals surface area (Å²) in [6.45, 7) is 3.62. The summed E-state index contributed by atoms with van der Waals surface area (Å²) in [6.07, 6.45) is 3.15. The predicted molar refractivity (Wildman–Crippen MR) is 135 cm³/mol. The summed E-state index contributed by atoms with van der Waals surface area (Å²) >= 11 is 0. The van der Waals surface area contributed by atoms with Crippen LogP contribution in [0.3, 0.4) is 0 Å². The monoisotopic (exact) mass is 476 g/mol. The molecular formula is C28H29O5P. The van der Waals surface area contributed by atoms with Crippen molar-refractivity contribution in [1.82, 2.24) is 0 Å². The molecule has 0 aromatic heterocycles. The fraction of sp³-hybridized carbons (Fsp3) is 0.214. The number of carbonyl (C=O) groups excluding carboxylic acids is 2. The molecule has 0 bridgehead atoms. The van der Waals surface area contributed by atoms with Crippen LogP contribution in [-0.2, 0) is 23.6 Å². The first-order valence-electron chi connectivity index (χ1n) is 11.3. The highest BCUT2D eigenvalue weighted by atomic mass is 31.2. The summed E-state index contributed by atoms with van der Waals surface area (Å²) in [7, 11) is -3.29. The van der Waals surface area contributed by atoms with Gasteiger partial charge in [0.1, 0.15) is 0 Å². The van der Waals surface area contributed by atoms with Crippen molar-refractivity contribution in [2.24, 2.45) is 5.92 Å². The van der Waals surface area contributed by atoms with Crippen LogP contribution in [0.5, 0.6) is 0 Å². The number of esters is 2. The third-order valence-corrected chi connectivity index (χ3v) is 8.76. The van der Waals surface area contributed by atoms with E-state index >= 15 is 4.57 Å². The minimum Gasteiger partial charge on any atom is -0.465 e. The van der Waals surface area contributed by atoms with E-state index in [0.29, 0.717) is 10.6 Å². The summed E-state index contributed by atoms with van der Waals surface area (Å²) in [5, 5.41) is 1.37. The molecule has 1 atom stereocenters. The molecule has 5 nitrogen and oxygen atoms in total. The predicted octanol–water partition coefficient (Wildman–Crippen LogP) is 5.04. The van der Waals surface area contributed by atoms with E-state index in [0.717, 1.165) is 5.56 Å². The van der Waals surface area contributed by atoms with Gasteiger partial charge in [-0.3, -0.25) is 9.59 Å². The van der Waals surface area contributed by atoms with Crippen LogP contribution in [-0.4, -0.2) is 25.2 Å². The molecule has 0 spiro atoms. The van der Waals surface area contributed by atoms with Gasteiger partial charge in [0.25, 0.3) is 0 Å². The van der Waals surface area contributed by atoms with E-state index in [1.165, 1.54) is 6.08 Å². The van der Waals surface area contributed by atoms with E-state index < -0.39 is 30.7 Å². The molecule has 34 heavy (non-hydrogen) atoms. The van der Waals surface area contributed by atoms with Gasteiger partial charge in [-0.2, -0.15) is 0 Å². The van der Waals surface area contributed by atoms with Crippen LogP contribution >= 0.6 is 7.14 Å². The molecule has 0 amide bonds. The Morgan fingerprint density at radius 3 is 1.53 bits per heavy atom. The Labute approximate surface area is 200 Å². The number of benzene rings is 3. The van der Waals surface area contributed by atoms with Gasteiger partial charge >= 0.3 is 11.9 Å². The Bertz CT molecular complexity index is 1080. The van der Waals surface area contributed by atoms with Crippen LogP contribution in [0.25, 0.3) is 0 Å². The Morgan fingerprint density at radius 2 is 1.12 bits per heavy atom. The lowest BCUT2D eigenvalue weighted by Gasteiger charge is -2.27. The van der Waals surface area contributed by atoms with Crippen LogP contribution in [0.2, 0.25) is 0 Å². The molecule has 176 valence electrons. The molecule has 3 aromatic rings. The maximum atomic E-state index is 15.0. The van der Waals surface area contributed by atoms with Crippen LogP contribution in [0, 0.1) is 5.92 Å². The van der Waals surface area contributed by atoms with Gasteiger partial charge in [-0.25, -0.2) is 0 Å². The SMILES string of the molecule is CCOC(=O)C(/C=C/[C@@H](c1ccccc1)P(=O)(c1ccccc1)c1ccccc1)C(=O)OCC. The van der Waals surface area contributed by atoms with E-state index in [1.807, 2.05) is 91.0 Å². The summed E-state index contributed by atoms with van der Waals surface area (Å²) in [5.74, 6) is -2.64. The molecule has 3 rings (SSSR count). The van der Waals surface area contributed by atoms with Crippen molar-refractivity contribution in [3.05, 3.63) is 109 Å². The van der Waals surface area contributed by atoms with E-state index in [-0.39, 0.29) is 13.2 Å². The second-order valence-corrected chi connectivity index (χ2v) is 10.5. The van der Waals surface area contributed by atoms with E-state index in [4.69, 9.17) is 9.47 Å². The van der Waals surface area contributed by atoms with Crippen LogP contribution in [0.1, 0.15) is 25.1 Å².